The number of anilines is 1. The van der Waals surface area contributed by atoms with Crippen LogP contribution in [0.25, 0.3) is 0 Å². The molecule has 0 amide bonds. The summed E-state index contributed by atoms with van der Waals surface area (Å²) in [5, 5.41) is 32.4. The van der Waals surface area contributed by atoms with Crippen molar-refractivity contribution >= 4 is 11.4 Å². The Balaban J connectivity index is 2.17. The van der Waals surface area contributed by atoms with Crippen LogP contribution in [0.15, 0.2) is 36.4 Å². The first-order valence-corrected chi connectivity index (χ1v) is 5.66. The van der Waals surface area contributed by atoms with Gasteiger partial charge in [-0.05, 0) is 18.2 Å². The smallest absolute Gasteiger partial charge is 0.306 e. The number of nitrogens with one attached hydrogen (secondary N) is 1. The predicted octanol–water partition coefficient (Wildman–Crippen LogP) is 2.76. The van der Waals surface area contributed by atoms with E-state index in [1.165, 1.54) is 12.1 Å². The Morgan fingerprint density at radius 2 is 2.00 bits per heavy atom. The molecule has 6 nitrogen and oxygen atoms in total. The molecule has 0 radical (unpaired) electrons. The molecule has 104 valence electrons. The van der Waals surface area contributed by atoms with Gasteiger partial charge in [0.2, 0.25) is 5.82 Å². The van der Waals surface area contributed by atoms with Crippen LogP contribution in [0.5, 0.6) is 11.5 Å². The number of rotatable bonds is 4. The summed E-state index contributed by atoms with van der Waals surface area (Å²) in [6, 6.07) is 7.88. The summed E-state index contributed by atoms with van der Waals surface area (Å²) in [4.78, 5) is 9.80. The van der Waals surface area contributed by atoms with E-state index in [-0.39, 0.29) is 18.0 Å². The van der Waals surface area contributed by atoms with Gasteiger partial charge < -0.3 is 15.5 Å². The third-order valence-corrected chi connectivity index (χ3v) is 2.72. The van der Waals surface area contributed by atoms with Crippen molar-refractivity contribution in [2.24, 2.45) is 0 Å². The lowest BCUT2D eigenvalue weighted by atomic mass is 10.2. The Kier molecular flexibility index (Phi) is 3.69. The lowest BCUT2D eigenvalue weighted by Gasteiger charge is -2.09. The Labute approximate surface area is 113 Å². The second-order valence-electron chi connectivity index (χ2n) is 4.06. The minimum atomic E-state index is -0.916. The van der Waals surface area contributed by atoms with Gasteiger partial charge in [0.05, 0.1) is 4.92 Å². The Morgan fingerprint density at radius 1 is 1.25 bits per heavy atom. The van der Waals surface area contributed by atoms with E-state index in [0.717, 1.165) is 12.1 Å². The number of phenolic OH excluding ortho intramolecular Hbond substituents is 2. The van der Waals surface area contributed by atoms with Gasteiger partial charge in [-0.15, -0.1) is 0 Å². The largest absolute Gasteiger partial charge is 0.504 e. The molecule has 0 aromatic heterocycles. The number of nitrogens with zero attached hydrogens (tertiary/aromatic N) is 1. The molecule has 2 aromatic carbocycles. The Morgan fingerprint density at radius 3 is 2.70 bits per heavy atom. The minimum absolute atomic E-state index is 0.128. The van der Waals surface area contributed by atoms with E-state index < -0.39 is 16.4 Å². The van der Waals surface area contributed by atoms with Gasteiger partial charge in [-0.1, -0.05) is 12.1 Å². The average Bonchev–Trinajstić information content (AvgIpc) is 2.41. The SMILES string of the molecule is O=[N+]([O-])c1cc(NCc2cccc(O)c2O)ccc1F. The number of benzene rings is 2. The molecule has 0 aliphatic rings. The summed E-state index contributed by atoms with van der Waals surface area (Å²) in [5.41, 5.74) is 0.118. The molecule has 0 heterocycles. The maximum Gasteiger partial charge on any atom is 0.306 e. The van der Waals surface area contributed by atoms with Gasteiger partial charge in [0.1, 0.15) is 0 Å². The molecule has 20 heavy (non-hydrogen) atoms. The predicted molar refractivity (Wildman–Crippen MR) is 70.2 cm³/mol. The molecule has 0 unspecified atom stereocenters. The van der Waals surface area contributed by atoms with Gasteiger partial charge >= 0.3 is 5.69 Å². The van der Waals surface area contributed by atoms with Crippen molar-refractivity contribution in [3.8, 4) is 11.5 Å². The zero-order chi connectivity index (χ0) is 14.7. The Hall–Kier alpha value is -2.83. The van der Waals surface area contributed by atoms with Crippen LogP contribution < -0.4 is 5.32 Å². The van der Waals surface area contributed by atoms with E-state index in [4.69, 9.17) is 0 Å². The van der Waals surface area contributed by atoms with Crippen LogP contribution in [0.4, 0.5) is 15.8 Å². The summed E-state index contributed by atoms with van der Waals surface area (Å²) < 4.78 is 13.2. The quantitative estimate of drug-likeness (QED) is 0.454. The highest BCUT2D eigenvalue weighted by Gasteiger charge is 2.14. The number of nitro groups is 1. The first kappa shape index (κ1) is 13.6. The molecule has 0 bridgehead atoms. The standard InChI is InChI=1S/C13H11FN2O4/c14-10-5-4-9(6-11(10)16(19)20)15-7-8-2-1-3-12(17)13(8)18/h1-6,15,17-18H,7H2. The number of hydrogen-bond donors (Lipinski definition) is 3. The molecule has 0 saturated heterocycles. The van der Waals surface area contributed by atoms with E-state index in [1.807, 2.05) is 0 Å². The van der Waals surface area contributed by atoms with Crippen molar-refractivity contribution in [2.45, 2.75) is 6.54 Å². The van der Waals surface area contributed by atoms with Gasteiger partial charge in [0.25, 0.3) is 0 Å². The maximum atomic E-state index is 13.2. The van der Waals surface area contributed by atoms with Crippen LogP contribution in [0.3, 0.4) is 0 Å². The highest BCUT2D eigenvalue weighted by molar-refractivity contribution is 5.53. The van der Waals surface area contributed by atoms with Crippen LogP contribution in [-0.4, -0.2) is 15.1 Å². The van der Waals surface area contributed by atoms with Crippen molar-refractivity contribution in [1.82, 2.24) is 0 Å². The zero-order valence-corrected chi connectivity index (χ0v) is 10.2. The normalized spacial score (nSPS) is 10.2. The molecule has 0 atom stereocenters. The first-order valence-electron chi connectivity index (χ1n) is 5.66. The molecular formula is C13H11FN2O4. The summed E-state index contributed by atoms with van der Waals surface area (Å²) >= 11 is 0. The second kappa shape index (κ2) is 5.43. The highest BCUT2D eigenvalue weighted by atomic mass is 19.1. The van der Waals surface area contributed by atoms with Crippen molar-refractivity contribution in [2.75, 3.05) is 5.32 Å². The van der Waals surface area contributed by atoms with Crippen molar-refractivity contribution in [3.05, 3.63) is 57.9 Å². The molecule has 0 aliphatic carbocycles. The molecule has 0 aliphatic heterocycles. The van der Waals surface area contributed by atoms with Crippen molar-refractivity contribution in [1.29, 1.82) is 0 Å². The monoisotopic (exact) mass is 278 g/mol. The van der Waals surface area contributed by atoms with Crippen molar-refractivity contribution < 1.29 is 19.5 Å². The molecule has 0 saturated carbocycles. The highest BCUT2D eigenvalue weighted by Crippen LogP contribution is 2.29. The number of hydrogen-bond acceptors (Lipinski definition) is 5. The third-order valence-electron chi connectivity index (χ3n) is 2.72. The maximum absolute atomic E-state index is 13.2. The zero-order valence-electron chi connectivity index (χ0n) is 10.2. The van der Waals surface area contributed by atoms with Gasteiger partial charge in [-0.3, -0.25) is 10.1 Å². The van der Waals surface area contributed by atoms with Crippen LogP contribution >= 0.6 is 0 Å². The van der Waals surface area contributed by atoms with Crippen LogP contribution in [0.1, 0.15) is 5.56 Å². The first-order chi connectivity index (χ1) is 9.49. The fraction of sp³-hybridized carbons (Fsp3) is 0.0769. The molecule has 0 fully saturated rings. The second-order valence-corrected chi connectivity index (χ2v) is 4.06. The van der Waals surface area contributed by atoms with Crippen LogP contribution in [0.2, 0.25) is 0 Å². The fourth-order valence-corrected chi connectivity index (χ4v) is 1.68. The summed E-state index contributed by atoms with van der Waals surface area (Å²) in [7, 11) is 0. The van der Waals surface area contributed by atoms with Gasteiger partial charge in [0, 0.05) is 23.9 Å². The molecular weight excluding hydrogens is 267 g/mol. The molecule has 2 rings (SSSR count). The number of para-hydroxylation sites is 1. The summed E-state index contributed by atoms with van der Waals surface area (Å²) in [6.07, 6.45) is 0. The summed E-state index contributed by atoms with van der Waals surface area (Å²) in [5.74, 6) is -1.44. The lowest BCUT2D eigenvalue weighted by Crippen LogP contribution is -2.01. The molecule has 3 N–H and O–H groups in total. The topological polar surface area (TPSA) is 95.6 Å². The third kappa shape index (κ3) is 2.77. The van der Waals surface area contributed by atoms with Crippen molar-refractivity contribution in [3.63, 3.8) is 0 Å². The number of phenols is 2. The molecule has 0 spiro atoms. The molecule has 2 aromatic rings. The van der Waals surface area contributed by atoms with E-state index in [2.05, 4.69) is 5.32 Å². The van der Waals surface area contributed by atoms with E-state index in [1.54, 1.807) is 12.1 Å². The summed E-state index contributed by atoms with van der Waals surface area (Å²) in [6.45, 7) is 0.128. The average molecular weight is 278 g/mol. The van der Waals surface area contributed by atoms with E-state index >= 15 is 0 Å². The number of nitro benzene ring substituents is 1. The lowest BCUT2D eigenvalue weighted by molar-refractivity contribution is -0.387. The van der Waals surface area contributed by atoms with E-state index in [0.29, 0.717) is 11.3 Å². The van der Waals surface area contributed by atoms with Gasteiger partial charge in [0.15, 0.2) is 11.5 Å². The van der Waals surface area contributed by atoms with Crippen LogP contribution in [-0.2, 0) is 6.54 Å². The number of aromatic hydroxyl groups is 2. The van der Waals surface area contributed by atoms with E-state index in [9.17, 15) is 24.7 Å². The Bertz CT molecular complexity index is 661. The van der Waals surface area contributed by atoms with Gasteiger partial charge in [-0.25, -0.2) is 0 Å². The number of halogens is 1. The molecule has 7 heteroatoms. The van der Waals surface area contributed by atoms with Gasteiger partial charge in [-0.2, -0.15) is 4.39 Å². The fourth-order valence-electron chi connectivity index (χ4n) is 1.68. The minimum Gasteiger partial charge on any atom is -0.504 e. The van der Waals surface area contributed by atoms with Crippen LogP contribution in [0, 0.1) is 15.9 Å².